The average molecular weight is 168 g/mol. The van der Waals surface area contributed by atoms with E-state index in [0.717, 1.165) is 0 Å². The van der Waals surface area contributed by atoms with E-state index in [1.165, 1.54) is 6.33 Å². The Morgan fingerprint density at radius 1 is 1.36 bits per heavy atom. The van der Waals surface area contributed by atoms with E-state index in [1.807, 2.05) is 0 Å². The van der Waals surface area contributed by atoms with E-state index < -0.39 is 8.32 Å². The van der Waals surface area contributed by atoms with Crippen molar-refractivity contribution in [3.05, 3.63) is 18.6 Å². The van der Waals surface area contributed by atoms with Gasteiger partial charge in [-0.3, -0.25) is 0 Å². The Hall–Kier alpha value is -0.903. The second kappa shape index (κ2) is 3.00. The Kier molecular flexibility index (Phi) is 2.24. The molecular weight excluding hydrogens is 156 g/mol. The number of hydrogen-bond acceptors (Lipinski definition) is 3. The van der Waals surface area contributed by atoms with Gasteiger partial charge in [0.2, 0.25) is 14.2 Å². The fourth-order valence-corrected chi connectivity index (χ4v) is 1.40. The first-order valence-electron chi connectivity index (χ1n) is 3.53. The van der Waals surface area contributed by atoms with Crippen molar-refractivity contribution < 1.29 is 4.43 Å². The summed E-state index contributed by atoms with van der Waals surface area (Å²) >= 11 is 0. The second-order valence-corrected chi connectivity index (χ2v) is 7.69. The van der Waals surface area contributed by atoms with Gasteiger partial charge in [-0.1, -0.05) is 0 Å². The topological polar surface area (TPSA) is 35.0 Å². The van der Waals surface area contributed by atoms with Crippen LogP contribution < -0.4 is 4.43 Å². The molecule has 0 bridgehead atoms. The van der Waals surface area contributed by atoms with E-state index in [2.05, 4.69) is 29.6 Å². The van der Waals surface area contributed by atoms with E-state index in [-0.39, 0.29) is 0 Å². The molecule has 0 radical (unpaired) electrons. The third kappa shape index (κ3) is 3.13. The van der Waals surface area contributed by atoms with Crippen LogP contribution in [-0.4, -0.2) is 18.3 Å². The fourth-order valence-electron chi connectivity index (χ4n) is 0.653. The average Bonchev–Trinajstić information content (AvgIpc) is 1.85. The van der Waals surface area contributed by atoms with Crippen LogP contribution >= 0.6 is 0 Å². The molecule has 0 aliphatic rings. The normalized spacial score (nSPS) is 11.2. The molecule has 1 aromatic rings. The lowest BCUT2D eigenvalue weighted by Crippen LogP contribution is -2.29. The Morgan fingerprint density at radius 2 is 2.09 bits per heavy atom. The number of rotatable bonds is 2. The molecule has 1 heterocycles. The van der Waals surface area contributed by atoms with Gasteiger partial charge in [0.15, 0.2) is 0 Å². The molecular formula is C7H12N2OSi. The minimum Gasteiger partial charge on any atom is -0.531 e. The summed E-state index contributed by atoms with van der Waals surface area (Å²) in [5.74, 6) is 0.680. The lowest BCUT2D eigenvalue weighted by atomic mass is 10.6. The van der Waals surface area contributed by atoms with Crippen LogP contribution in [-0.2, 0) is 0 Å². The Morgan fingerprint density at radius 3 is 2.55 bits per heavy atom. The van der Waals surface area contributed by atoms with Crippen molar-refractivity contribution in [2.45, 2.75) is 19.6 Å². The molecule has 11 heavy (non-hydrogen) atoms. The Balaban J connectivity index is 2.66. The van der Waals surface area contributed by atoms with Gasteiger partial charge < -0.3 is 4.43 Å². The van der Waals surface area contributed by atoms with E-state index in [1.54, 1.807) is 12.3 Å². The zero-order valence-electron chi connectivity index (χ0n) is 7.03. The highest BCUT2D eigenvalue weighted by Gasteiger charge is 2.16. The maximum atomic E-state index is 5.59. The molecule has 0 aliphatic carbocycles. The molecule has 1 aromatic heterocycles. The lowest BCUT2D eigenvalue weighted by molar-refractivity contribution is 0.532. The fraction of sp³-hybridized carbons (Fsp3) is 0.429. The van der Waals surface area contributed by atoms with Crippen LogP contribution in [0.15, 0.2) is 18.6 Å². The summed E-state index contributed by atoms with van der Waals surface area (Å²) in [5, 5.41) is 0. The highest BCUT2D eigenvalue weighted by molar-refractivity contribution is 6.70. The molecule has 60 valence electrons. The standard InChI is InChI=1S/C7H12N2OSi/c1-11(2,3)10-7-4-5-8-6-9-7/h4-6H,1-3H3. The SMILES string of the molecule is C[Si](C)(C)Oc1ccncn1. The molecule has 0 aromatic carbocycles. The predicted molar refractivity (Wildman–Crippen MR) is 46.0 cm³/mol. The third-order valence-electron chi connectivity index (χ3n) is 0.966. The first-order chi connectivity index (χ1) is 5.08. The Bertz CT molecular complexity index is 220. The number of hydrogen-bond donors (Lipinski definition) is 0. The highest BCUT2D eigenvalue weighted by Crippen LogP contribution is 2.09. The summed E-state index contributed by atoms with van der Waals surface area (Å²) in [4.78, 5) is 7.77. The van der Waals surface area contributed by atoms with Crippen LogP contribution in [0.5, 0.6) is 5.88 Å². The molecule has 3 nitrogen and oxygen atoms in total. The maximum Gasteiger partial charge on any atom is 0.244 e. The molecule has 4 heteroatoms. The lowest BCUT2D eigenvalue weighted by Gasteiger charge is -2.17. The molecule has 0 amide bonds. The van der Waals surface area contributed by atoms with Crippen LogP contribution in [0.25, 0.3) is 0 Å². The van der Waals surface area contributed by atoms with Gasteiger partial charge in [-0.25, -0.2) is 9.97 Å². The smallest absolute Gasteiger partial charge is 0.244 e. The zero-order valence-corrected chi connectivity index (χ0v) is 8.03. The van der Waals surface area contributed by atoms with Gasteiger partial charge in [0, 0.05) is 12.3 Å². The summed E-state index contributed by atoms with van der Waals surface area (Å²) in [7, 11) is -1.49. The summed E-state index contributed by atoms with van der Waals surface area (Å²) in [5.41, 5.74) is 0. The monoisotopic (exact) mass is 168 g/mol. The van der Waals surface area contributed by atoms with E-state index in [9.17, 15) is 0 Å². The van der Waals surface area contributed by atoms with Crippen LogP contribution in [0.3, 0.4) is 0 Å². The molecule has 0 atom stereocenters. The van der Waals surface area contributed by atoms with Crippen molar-refractivity contribution in [1.82, 2.24) is 9.97 Å². The van der Waals surface area contributed by atoms with Gasteiger partial charge in [0.05, 0.1) is 0 Å². The van der Waals surface area contributed by atoms with Crippen molar-refractivity contribution in [3.8, 4) is 5.88 Å². The van der Waals surface area contributed by atoms with E-state index in [0.29, 0.717) is 5.88 Å². The molecule has 0 aliphatic heterocycles. The van der Waals surface area contributed by atoms with Crippen LogP contribution in [0.1, 0.15) is 0 Å². The molecule has 0 saturated heterocycles. The summed E-state index contributed by atoms with van der Waals surface area (Å²) in [6.45, 7) is 6.36. The van der Waals surface area contributed by atoms with E-state index in [4.69, 9.17) is 4.43 Å². The molecule has 1 rings (SSSR count). The number of nitrogens with zero attached hydrogens (tertiary/aromatic N) is 2. The largest absolute Gasteiger partial charge is 0.531 e. The van der Waals surface area contributed by atoms with Gasteiger partial charge in [0.25, 0.3) is 0 Å². The summed E-state index contributed by atoms with van der Waals surface area (Å²) in [6, 6.07) is 1.78. The number of aromatic nitrogens is 2. The van der Waals surface area contributed by atoms with Gasteiger partial charge in [-0.15, -0.1) is 0 Å². The second-order valence-electron chi connectivity index (χ2n) is 3.26. The van der Waals surface area contributed by atoms with Crippen molar-refractivity contribution in [2.24, 2.45) is 0 Å². The first-order valence-corrected chi connectivity index (χ1v) is 6.94. The molecule has 0 spiro atoms. The quantitative estimate of drug-likeness (QED) is 0.630. The summed E-state index contributed by atoms with van der Waals surface area (Å²) in [6.07, 6.45) is 3.18. The minimum atomic E-state index is -1.49. The van der Waals surface area contributed by atoms with Crippen molar-refractivity contribution in [3.63, 3.8) is 0 Å². The maximum absolute atomic E-state index is 5.59. The zero-order chi connectivity index (χ0) is 8.32. The van der Waals surface area contributed by atoms with Gasteiger partial charge in [-0.2, -0.15) is 0 Å². The van der Waals surface area contributed by atoms with Crippen LogP contribution in [0.4, 0.5) is 0 Å². The molecule has 0 fully saturated rings. The highest BCUT2D eigenvalue weighted by atomic mass is 28.4. The molecule has 0 N–H and O–H groups in total. The first kappa shape index (κ1) is 8.20. The van der Waals surface area contributed by atoms with Crippen LogP contribution in [0, 0.1) is 0 Å². The van der Waals surface area contributed by atoms with Crippen LogP contribution in [0.2, 0.25) is 19.6 Å². The minimum absolute atomic E-state index is 0.680. The van der Waals surface area contributed by atoms with Crippen molar-refractivity contribution in [2.75, 3.05) is 0 Å². The Labute approximate surface area is 67.6 Å². The van der Waals surface area contributed by atoms with Crippen molar-refractivity contribution in [1.29, 1.82) is 0 Å². The van der Waals surface area contributed by atoms with Gasteiger partial charge in [-0.05, 0) is 19.6 Å². The molecule has 0 unspecified atom stereocenters. The third-order valence-corrected chi connectivity index (χ3v) is 1.79. The van der Waals surface area contributed by atoms with E-state index >= 15 is 0 Å². The molecule has 0 saturated carbocycles. The van der Waals surface area contributed by atoms with Gasteiger partial charge >= 0.3 is 0 Å². The predicted octanol–water partition coefficient (Wildman–Crippen LogP) is 1.69. The van der Waals surface area contributed by atoms with Crippen molar-refractivity contribution >= 4 is 8.32 Å². The summed E-state index contributed by atoms with van der Waals surface area (Å²) < 4.78 is 5.59. The van der Waals surface area contributed by atoms with Gasteiger partial charge in [0.1, 0.15) is 6.33 Å².